The topological polar surface area (TPSA) is 51.9 Å². The fourth-order valence-corrected chi connectivity index (χ4v) is 3.39. The third-order valence-corrected chi connectivity index (χ3v) is 4.95. The monoisotopic (exact) mass is 420 g/mol. The molecular formula is C22H17ClN4OS. The van der Waals surface area contributed by atoms with Gasteiger partial charge in [-0.2, -0.15) is 5.10 Å². The lowest BCUT2D eigenvalue weighted by Gasteiger charge is -2.06. The summed E-state index contributed by atoms with van der Waals surface area (Å²) in [5.74, 6) is 0.460. The molecular weight excluding hydrogens is 404 g/mol. The average Bonchev–Trinajstić information content (AvgIpc) is 3.07. The van der Waals surface area contributed by atoms with Gasteiger partial charge in [-0.3, -0.25) is 9.36 Å². The number of nitrogens with zero attached hydrogens (tertiary/aromatic N) is 3. The molecule has 0 bridgehead atoms. The Kier molecular flexibility index (Phi) is 5.55. The second-order valence-corrected chi connectivity index (χ2v) is 7.16. The van der Waals surface area contributed by atoms with Crippen LogP contribution in [0.3, 0.4) is 0 Å². The number of para-hydroxylation sites is 1. The fourth-order valence-electron chi connectivity index (χ4n) is 2.96. The number of anilines is 1. The Balaban J connectivity index is 1.69. The highest BCUT2D eigenvalue weighted by Gasteiger charge is 2.16. The van der Waals surface area contributed by atoms with Crippen molar-refractivity contribution < 1.29 is 4.79 Å². The van der Waals surface area contributed by atoms with Gasteiger partial charge in [0.25, 0.3) is 0 Å². The van der Waals surface area contributed by atoms with Gasteiger partial charge in [0, 0.05) is 22.0 Å². The summed E-state index contributed by atoms with van der Waals surface area (Å²) >= 11 is 11.6. The number of halogens is 1. The van der Waals surface area contributed by atoms with E-state index < -0.39 is 0 Å². The summed E-state index contributed by atoms with van der Waals surface area (Å²) < 4.78 is 3.86. The molecule has 3 aromatic carbocycles. The van der Waals surface area contributed by atoms with Crippen molar-refractivity contribution in [1.29, 1.82) is 0 Å². The Bertz CT molecular complexity index is 1190. The maximum Gasteiger partial charge on any atom is 0.246 e. The van der Waals surface area contributed by atoms with Crippen LogP contribution in [-0.4, -0.2) is 20.3 Å². The van der Waals surface area contributed by atoms with Crippen molar-refractivity contribution in [2.45, 2.75) is 6.54 Å². The van der Waals surface area contributed by atoms with Gasteiger partial charge in [0.2, 0.25) is 10.7 Å². The third kappa shape index (κ3) is 4.29. The zero-order chi connectivity index (χ0) is 20.2. The second-order valence-electron chi connectivity index (χ2n) is 6.36. The van der Waals surface area contributed by atoms with Crippen molar-refractivity contribution in [2.75, 3.05) is 5.32 Å². The molecule has 0 radical (unpaired) electrons. The first-order chi connectivity index (χ1) is 14.1. The van der Waals surface area contributed by atoms with Gasteiger partial charge in [-0.25, -0.2) is 4.68 Å². The van der Waals surface area contributed by atoms with Crippen molar-refractivity contribution in [3.63, 3.8) is 0 Å². The minimum atomic E-state index is -0.222. The number of carbonyl (C=O) groups is 1. The van der Waals surface area contributed by atoms with E-state index in [4.69, 9.17) is 23.8 Å². The SMILES string of the molecule is O=C(Cn1nc(-c2ccccc2)n(-c2ccccc2)c1=S)Nc1ccc(Cl)cc1. The largest absolute Gasteiger partial charge is 0.324 e. The first-order valence-corrected chi connectivity index (χ1v) is 9.76. The van der Waals surface area contributed by atoms with E-state index in [9.17, 15) is 4.79 Å². The molecule has 1 heterocycles. The lowest BCUT2D eigenvalue weighted by Crippen LogP contribution is -2.19. The molecule has 0 saturated carbocycles. The number of hydrogen-bond donors (Lipinski definition) is 1. The summed E-state index contributed by atoms with van der Waals surface area (Å²) in [5, 5.41) is 8.10. The highest BCUT2D eigenvalue weighted by atomic mass is 35.5. The molecule has 1 aromatic heterocycles. The lowest BCUT2D eigenvalue weighted by molar-refractivity contribution is -0.116. The molecule has 4 aromatic rings. The molecule has 5 nitrogen and oxygen atoms in total. The molecule has 4 rings (SSSR count). The van der Waals surface area contributed by atoms with Crippen LogP contribution in [0.1, 0.15) is 0 Å². The van der Waals surface area contributed by atoms with Gasteiger partial charge in [0.15, 0.2) is 5.82 Å². The first kappa shape index (κ1) is 19.1. The molecule has 0 spiro atoms. The van der Waals surface area contributed by atoms with E-state index in [1.54, 1.807) is 24.3 Å². The van der Waals surface area contributed by atoms with Crippen molar-refractivity contribution >= 4 is 35.4 Å². The van der Waals surface area contributed by atoms with Crippen molar-refractivity contribution in [1.82, 2.24) is 14.3 Å². The minimum absolute atomic E-state index is 0.00112. The summed E-state index contributed by atoms with van der Waals surface area (Å²) in [5.41, 5.74) is 2.47. The molecule has 0 fully saturated rings. The lowest BCUT2D eigenvalue weighted by atomic mass is 10.2. The Labute approximate surface area is 178 Å². The van der Waals surface area contributed by atoms with Gasteiger partial charge in [0.05, 0.1) is 0 Å². The summed E-state index contributed by atoms with van der Waals surface area (Å²) in [7, 11) is 0. The minimum Gasteiger partial charge on any atom is -0.324 e. The van der Waals surface area contributed by atoms with E-state index in [0.717, 1.165) is 11.3 Å². The van der Waals surface area contributed by atoms with Gasteiger partial charge in [0.1, 0.15) is 6.54 Å². The fraction of sp³-hybridized carbons (Fsp3) is 0.0455. The maximum atomic E-state index is 12.6. The summed E-state index contributed by atoms with van der Waals surface area (Å²) in [4.78, 5) is 12.6. The van der Waals surface area contributed by atoms with Crippen LogP contribution in [0, 0.1) is 4.77 Å². The average molecular weight is 421 g/mol. The Morgan fingerprint density at radius 2 is 1.55 bits per heavy atom. The van der Waals surface area contributed by atoms with E-state index in [0.29, 0.717) is 21.3 Å². The van der Waals surface area contributed by atoms with Crippen LogP contribution in [0.4, 0.5) is 5.69 Å². The predicted molar refractivity (Wildman–Crippen MR) is 118 cm³/mol. The number of nitrogens with one attached hydrogen (secondary N) is 1. The Hall–Kier alpha value is -3.22. The predicted octanol–water partition coefficient (Wildman–Crippen LogP) is 5.36. The molecule has 0 unspecified atom stereocenters. The van der Waals surface area contributed by atoms with Crippen LogP contribution < -0.4 is 5.32 Å². The highest BCUT2D eigenvalue weighted by Crippen LogP contribution is 2.22. The van der Waals surface area contributed by atoms with Crippen LogP contribution in [0.25, 0.3) is 17.1 Å². The Morgan fingerprint density at radius 3 is 2.21 bits per heavy atom. The maximum absolute atomic E-state index is 12.6. The molecule has 0 saturated heterocycles. The summed E-state index contributed by atoms with van der Waals surface area (Å²) in [6, 6.07) is 26.5. The molecule has 0 aliphatic rings. The van der Waals surface area contributed by atoms with E-state index in [-0.39, 0.29) is 12.5 Å². The summed E-state index contributed by atoms with van der Waals surface area (Å²) in [6.45, 7) is 0.00112. The van der Waals surface area contributed by atoms with Gasteiger partial charge in [-0.1, -0.05) is 60.1 Å². The van der Waals surface area contributed by atoms with E-state index >= 15 is 0 Å². The van der Waals surface area contributed by atoms with Crippen molar-refractivity contribution in [3.8, 4) is 17.1 Å². The second kappa shape index (κ2) is 8.43. The number of carbonyl (C=O) groups excluding carboxylic acids is 1. The van der Waals surface area contributed by atoms with Gasteiger partial charge < -0.3 is 5.32 Å². The first-order valence-electron chi connectivity index (χ1n) is 8.98. The number of hydrogen-bond acceptors (Lipinski definition) is 3. The summed E-state index contributed by atoms with van der Waals surface area (Å²) in [6.07, 6.45) is 0. The van der Waals surface area contributed by atoms with Crippen LogP contribution in [0.15, 0.2) is 84.9 Å². The third-order valence-electron chi connectivity index (χ3n) is 4.31. The molecule has 0 aliphatic heterocycles. The van der Waals surface area contributed by atoms with Crippen LogP contribution in [-0.2, 0) is 11.3 Å². The van der Waals surface area contributed by atoms with Crippen LogP contribution in [0.2, 0.25) is 5.02 Å². The quantitative estimate of drug-likeness (QED) is 0.442. The van der Waals surface area contributed by atoms with E-state index in [1.165, 1.54) is 4.68 Å². The molecule has 7 heteroatoms. The number of amides is 1. The molecule has 1 N–H and O–H groups in total. The zero-order valence-corrected chi connectivity index (χ0v) is 16.9. The Morgan fingerprint density at radius 1 is 0.931 bits per heavy atom. The number of benzene rings is 3. The van der Waals surface area contributed by atoms with E-state index in [2.05, 4.69) is 10.4 Å². The molecule has 0 aliphatic carbocycles. The van der Waals surface area contributed by atoms with Crippen LogP contribution in [0.5, 0.6) is 0 Å². The van der Waals surface area contributed by atoms with Crippen molar-refractivity contribution in [2.24, 2.45) is 0 Å². The number of rotatable bonds is 5. The van der Waals surface area contributed by atoms with Crippen molar-refractivity contribution in [3.05, 3.63) is 94.7 Å². The highest BCUT2D eigenvalue weighted by molar-refractivity contribution is 7.71. The van der Waals surface area contributed by atoms with Crippen LogP contribution >= 0.6 is 23.8 Å². The van der Waals surface area contributed by atoms with Gasteiger partial charge in [-0.05, 0) is 48.6 Å². The zero-order valence-electron chi connectivity index (χ0n) is 15.3. The molecule has 0 atom stereocenters. The molecule has 29 heavy (non-hydrogen) atoms. The normalized spacial score (nSPS) is 10.7. The molecule has 1 amide bonds. The van der Waals surface area contributed by atoms with Gasteiger partial charge in [-0.15, -0.1) is 0 Å². The smallest absolute Gasteiger partial charge is 0.246 e. The standard InChI is InChI=1S/C22H17ClN4OS/c23-17-11-13-18(14-12-17)24-20(28)15-26-22(29)27(19-9-5-2-6-10-19)21(25-26)16-7-3-1-4-8-16/h1-14H,15H2,(H,24,28). The van der Waals surface area contributed by atoms with E-state index in [1.807, 2.05) is 65.2 Å². The van der Waals surface area contributed by atoms with Gasteiger partial charge >= 0.3 is 0 Å². The molecule has 144 valence electrons. The number of aromatic nitrogens is 3.